The Morgan fingerprint density at radius 3 is 2.55 bits per heavy atom. The number of nitrogens with zero attached hydrogens (tertiary/aromatic N) is 5. The number of halogens is 1. The Kier molecular flexibility index (Phi) is 4.48. The lowest BCUT2D eigenvalue weighted by atomic mass is 10.1. The molecular weight excluding hydrogens is 386 g/mol. The van der Waals surface area contributed by atoms with Crippen LogP contribution in [-0.4, -0.2) is 26.1 Å². The maximum atomic E-state index is 13.6. The lowest BCUT2D eigenvalue weighted by Gasteiger charge is -2.28. The molecule has 0 spiro atoms. The van der Waals surface area contributed by atoms with Gasteiger partial charge in [-0.2, -0.15) is 0 Å². The molecule has 0 radical (unpaired) electrons. The second kappa shape index (κ2) is 7.29. The zero-order chi connectivity index (χ0) is 19.8. The average Bonchev–Trinajstić information content (AvgIpc) is 3.24. The number of rotatable bonds is 3. The van der Waals surface area contributed by atoms with Crippen LogP contribution in [0.1, 0.15) is 24.7 Å². The van der Waals surface area contributed by atoms with E-state index in [1.165, 1.54) is 6.33 Å². The Morgan fingerprint density at radius 2 is 1.76 bits per heavy atom. The van der Waals surface area contributed by atoms with Gasteiger partial charge in [0.1, 0.15) is 12.2 Å². The van der Waals surface area contributed by atoms with Gasteiger partial charge in [-0.3, -0.25) is 9.36 Å². The lowest BCUT2D eigenvalue weighted by Crippen LogP contribution is -2.31. The fraction of sp³-hybridized carbons (Fsp3) is 0.182. The van der Waals surface area contributed by atoms with Crippen molar-refractivity contribution >= 4 is 28.2 Å². The van der Waals surface area contributed by atoms with Crippen LogP contribution < -0.4 is 10.5 Å². The number of fused-ring (bicyclic) bond motifs is 1. The second-order valence-electron chi connectivity index (χ2n) is 7.03. The molecule has 0 bridgehead atoms. The van der Waals surface area contributed by atoms with Gasteiger partial charge in [-0.1, -0.05) is 35.9 Å². The van der Waals surface area contributed by atoms with Crippen LogP contribution in [0.2, 0.25) is 5.02 Å². The van der Waals surface area contributed by atoms with E-state index < -0.39 is 0 Å². The van der Waals surface area contributed by atoms with Crippen molar-refractivity contribution in [3.63, 3.8) is 0 Å². The fourth-order valence-electron chi connectivity index (χ4n) is 4.04. The normalized spacial score (nSPS) is 16.4. The van der Waals surface area contributed by atoms with E-state index in [1.54, 1.807) is 23.0 Å². The van der Waals surface area contributed by atoms with Gasteiger partial charge in [-0.15, -0.1) is 0 Å². The zero-order valence-corrected chi connectivity index (χ0v) is 16.3. The van der Waals surface area contributed by atoms with E-state index in [4.69, 9.17) is 16.6 Å². The Labute approximate surface area is 172 Å². The molecule has 0 N–H and O–H groups in total. The molecule has 1 atom stereocenters. The number of aromatic nitrogens is 4. The summed E-state index contributed by atoms with van der Waals surface area (Å²) in [5, 5.41) is 0.852. The molecule has 0 aliphatic carbocycles. The maximum Gasteiger partial charge on any atom is 0.267 e. The summed E-state index contributed by atoms with van der Waals surface area (Å²) in [5.74, 6) is 0.706. The molecule has 5 rings (SSSR count). The van der Waals surface area contributed by atoms with Crippen molar-refractivity contribution in [3.8, 4) is 5.69 Å². The van der Waals surface area contributed by atoms with Gasteiger partial charge >= 0.3 is 0 Å². The van der Waals surface area contributed by atoms with Gasteiger partial charge in [0, 0.05) is 6.54 Å². The summed E-state index contributed by atoms with van der Waals surface area (Å²) in [7, 11) is 0. The predicted molar refractivity (Wildman–Crippen MR) is 114 cm³/mol. The molecule has 7 heteroatoms. The molecule has 0 saturated carbocycles. The van der Waals surface area contributed by atoms with Crippen LogP contribution in [0.5, 0.6) is 0 Å². The van der Waals surface area contributed by atoms with Crippen molar-refractivity contribution in [2.75, 3.05) is 11.4 Å². The average molecular weight is 404 g/mol. The number of benzene rings is 2. The van der Waals surface area contributed by atoms with Crippen molar-refractivity contribution in [1.29, 1.82) is 0 Å². The van der Waals surface area contributed by atoms with Gasteiger partial charge in [-0.05, 0) is 37.1 Å². The van der Waals surface area contributed by atoms with E-state index >= 15 is 0 Å². The molecule has 6 nitrogen and oxygen atoms in total. The molecule has 2 aromatic carbocycles. The third-order valence-corrected chi connectivity index (χ3v) is 5.63. The van der Waals surface area contributed by atoms with E-state index in [0.29, 0.717) is 21.7 Å². The highest BCUT2D eigenvalue weighted by Crippen LogP contribution is 2.36. The molecule has 3 heterocycles. The van der Waals surface area contributed by atoms with Crippen LogP contribution >= 0.6 is 11.6 Å². The van der Waals surface area contributed by atoms with Crippen molar-refractivity contribution in [3.05, 3.63) is 88.5 Å². The molecule has 1 saturated heterocycles. The van der Waals surface area contributed by atoms with E-state index in [-0.39, 0.29) is 11.6 Å². The molecule has 4 aromatic rings. The Morgan fingerprint density at radius 1 is 0.966 bits per heavy atom. The Bertz CT molecular complexity index is 1230. The molecule has 1 aliphatic heterocycles. The highest BCUT2D eigenvalue weighted by Gasteiger charge is 2.31. The van der Waals surface area contributed by atoms with Crippen LogP contribution in [0.25, 0.3) is 16.6 Å². The molecule has 2 aromatic heterocycles. The summed E-state index contributed by atoms with van der Waals surface area (Å²) in [6.07, 6.45) is 7.01. The van der Waals surface area contributed by atoms with Crippen molar-refractivity contribution < 1.29 is 0 Å². The van der Waals surface area contributed by atoms with Gasteiger partial charge < -0.3 is 4.90 Å². The Hall–Kier alpha value is -3.25. The third-order valence-electron chi connectivity index (χ3n) is 5.32. The number of hydrogen-bond acceptors (Lipinski definition) is 5. The Balaban J connectivity index is 1.78. The fourth-order valence-corrected chi connectivity index (χ4v) is 4.29. The molecule has 144 valence electrons. The molecule has 0 unspecified atom stereocenters. The predicted octanol–water partition coefficient (Wildman–Crippen LogP) is 4.17. The smallest absolute Gasteiger partial charge is 0.267 e. The second-order valence-corrected chi connectivity index (χ2v) is 7.44. The quantitative estimate of drug-likeness (QED) is 0.513. The SMILES string of the molecule is O=c1c2c(Cl)cccc2nc([C@@H]2CCCN2c2cncnc2)n1-c1ccccc1. The molecule has 1 fully saturated rings. The first-order valence-corrected chi connectivity index (χ1v) is 9.90. The van der Waals surface area contributed by atoms with Crippen LogP contribution in [0.3, 0.4) is 0 Å². The highest BCUT2D eigenvalue weighted by atomic mass is 35.5. The van der Waals surface area contributed by atoms with Crippen molar-refractivity contribution in [1.82, 2.24) is 19.5 Å². The molecule has 0 amide bonds. The van der Waals surface area contributed by atoms with Crippen molar-refractivity contribution in [2.45, 2.75) is 18.9 Å². The standard InChI is InChI=1S/C22H18ClN5O/c23-17-8-4-9-18-20(17)22(29)28(15-6-2-1-3-7-15)21(26-18)19-10-5-11-27(19)16-12-24-14-25-13-16/h1-4,6-9,12-14,19H,5,10-11H2/t19-/m0/s1. The topological polar surface area (TPSA) is 63.9 Å². The lowest BCUT2D eigenvalue weighted by molar-refractivity contribution is 0.636. The van der Waals surface area contributed by atoms with Gasteiger partial charge in [-0.25, -0.2) is 15.0 Å². The minimum absolute atomic E-state index is 0.0581. The summed E-state index contributed by atoms with van der Waals surface area (Å²) in [4.78, 5) is 29.0. The van der Waals surface area contributed by atoms with E-state index in [0.717, 1.165) is 30.8 Å². The van der Waals surface area contributed by atoms with Crippen LogP contribution in [0.15, 0.2) is 72.0 Å². The van der Waals surface area contributed by atoms with Crippen molar-refractivity contribution in [2.24, 2.45) is 0 Å². The monoisotopic (exact) mass is 403 g/mol. The first kappa shape index (κ1) is 17.8. The zero-order valence-electron chi connectivity index (χ0n) is 15.6. The van der Waals surface area contributed by atoms with Gasteiger partial charge in [0.05, 0.1) is 45.7 Å². The summed E-state index contributed by atoms with van der Waals surface area (Å²) in [6, 6.07) is 14.9. The summed E-state index contributed by atoms with van der Waals surface area (Å²) >= 11 is 6.38. The van der Waals surface area contributed by atoms with Gasteiger partial charge in [0.2, 0.25) is 0 Å². The summed E-state index contributed by atoms with van der Waals surface area (Å²) < 4.78 is 1.70. The van der Waals surface area contributed by atoms with Crippen LogP contribution in [-0.2, 0) is 0 Å². The minimum Gasteiger partial charge on any atom is -0.359 e. The third kappa shape index (κ3) is 3.06. The van der Waals surface area contributed by atoms with E-state index in [1.807, 2.05) is 42.5 Å². The first-order chi connectivity index (χ1) is 14.2. The van der Waals surface area contributed by atoms with E-state index in [2.05, 4.69) is 14.9 Å². The first-order valence-electron chi connectivity index (χ1n) is 9.52. The number of hydrogen-bond donors (Lipinski definition) is 0. The maximum absolute atomic E-state index is 13.6. The van der Waals surface area contributed by atoms with E-state index in [9.17, 15) is 4.79 Å². The largest absolute Gasteiger partial charge is 0.359 e. The summed E-state index contributed by atoms with van der Waals surface area (Å²) in [6.45, 7) is 0.857. The highest BCUT2D eigenvalue weighted by molar-refractivity contribution is 6.35. The summed E-state index contributed by atoms with van der Waals surface area (Å²) in [5.41, 5.74) is 2.16. The minimum atomic E-state index is -0.155. The van der Waals surface area contributed by atoms with Gasteiger partial charge in [0.15, 0.2) is 0 Å². The molecule has 1 aliphatic rings. The number of anilines is 1. The number of para-hydroxylation sites is 1. The van der Waals surface area contributed by atoms with Crippen LogP contribution in [0.4, 0.5) is 5.69 Å². The van der Waals surface area contributed by atoms with Crippen LogP contribution in [0, 0.1) is 0 Å². The molecular formula is C22H18ClN5O. The molecule has 29 heavy (non-hydrogen) atoms. The van der Waals surface area contributed by atoms with Gasteiger partial charge in [0.25, 0.3) is 5.56 Å².